The number of rotatable bonds is 4. The molecule has 0 saturated carbocycles. The zero-order valence-corrected chi connectivity index (χ0v) is 11.5. The van der Waals surface area contributed by atoms with E-state index in [1.54, 1.807) is 7.11 Å². The van der Waals surface area contributed by atoms with E-state index in [1.807, 2.05) is 56.3 Å². The predicted molar refractivity (Wildman–Crippen MR) is 76.8 cm³/mol. The first kappa shape index (κ1) is 13.4. The Morgan fingerprint density at radius 3 is 2.42 bits per heavy atom. The molecule has 0 aromatic heterocycles. The lowest BCUT2D eigenvalue weighted by atomic mass is 10.1. The van der Waals surface area contributed by atoms with Crippen molar-refractivity contribution in [1.29, 1.82) is 0 Å². The zero-order chi connectivity index (χ0) is 13.8. The summed E-state index contributed by atoms with van der Waals surface area (Å²) in [6, 6.07) is 13.5. The Morgan fingerprint density at radius 1 is 1.00 bits per heavy atom. The van der Waals surface area contributed by atoms with E-state index in [0.717, 1.165) is 22.6 Å². The molecule has 19 heavy (non-hydrogen) atoms. The van der Waals surface area contributed by atoms with Gasteiger partial charge in [0.05, 0.1) is 7.11 Å². The van der Waals surface area contributed by atoms with Crippen molar-refractivity contribution < 1.29 is 9.47 Å². The predicted octanol–water partition coefficient (Wildman–Crippen LogP) is 3.82. The number of benzene rings is 2. The Morgan fingerprint density at radius 2 is 1.74 bits per heavy atom. The Hall–Kier alpha value is -2.00. The summed E-state index contributed by atoms with van der Waals surface area (Å²) in [7, 11) is 1.64. The molecule has 0 fully saturated rings. The van der Waals surface area contributed by atoms with Crippen LogP contribution in [0.25, 0.3) is 0 Å². The smallest absolute Gasteiger partial charge is 0.169 e. The van der Waals surface area contributed by atoms with Crippen LogP contribution in [0.15, 0.2) is 42.5 Å². The van der Waals surface area contributed by atoms with Crippen LogP contribution in [0, 0.1) is 6.92 Å². The average Bonchev–Trinajstić information content (AvgIpc) is 2.41. The van der Waals surface area contributed by atoms with Gasteiger partial charge in [-0.2, -0.15) is 0 Å². The molecule has 100 valence electrons. The van der Waals surface area contributed by atoms with E-state index in [-0.39, 0.29) is 6.04 Å². The van der Waals surface area contributed by atoms with Crippen LogP contribution < -0.4 is 15.2 Å². The average molecular weight is 257 g/mol. The Bertz CT molecular complexity index is 564. The van der Waals surface area contributed by atoms with E-state index in [4.69, 9.17) is 15.2 Å². The lowest BCUT2D eigenvalue weighted by Gasteiger charge is -2.15. The lowest BCUT2D eigenvalue weighted by molar-refractivity contribution is 0.376. The first-order valence-corrected chi connectivity index (χ1v) is 6.29. The normalized spacial score (nSPS) is 12.0. The van der Waals surface area contributed by atoms with Gasteiger partial charge in [0.1, 0.15) is 5.75 Å². The van der Waals surface area contributed by atoms with Crippen LogP contribution >= 0.6 is 0 Å². The summed E-state index contributed by atoms with van der Waals surface area (Å²) in [5, 5.41) is 0. The van der Waals surface area contributed by atoms with Crippen molar-refractivity contribution >= 4 is 0 Å². The fraction of sp³-hybridized carbons (Fsp3) is 0.250. The number of para-hydroxylation sites is 1. The molecule has 2 N–H and O–H groups in total. The third-order valence-corrected chi connectivity index (χ3v) is 2.95. The summed E-state index contributed by atoms with van der Waals surface area (Å²) < 4.78 is 11.3. The molecule has 0 aliphatic carbocycles. The fourth-order valence-corrected chi connectivity index (χ4v) is 1.93. The van der Waals surface area contributed by atoms with Gasteiger partial charge in [0.2, 0.25) is 0 Å². The summed E-state index contributed by atoms with van der Waals surface area (Å²) in [4.78, 5) is 0. The summed E-state index contributed by atoms with van der Waals surface area (Å²) in [5.41, 5.74) is 8.06. The van der Waals surface area contributed by atoms with Gasteiger partial charge in [-0.25, -0.2) is 0 Å². The van der Waals surface area contributed by atoms with Crippen LogP contribution in [0.3, 0.4) is 0 Å². The second-order valence-corrected chi connectivity index (χ2v) is 4.58. The number of methoxy groups -OCH3 is 1. The molecule has 3 heteroatoms. The number of aryl methyl sites for hydroxylation is 1. The first-order chi connectivity index (χ1) is 9.11. The van der Waals surface area contributed by atoms with Crippen molar-refractivity contribution in [2.45, 2.75) is 19.9 Å². The third kappa shape index (κ3) is 3.06. The van der Waals surface area contributed by atoms with E-state index >= 15 is 0 Å². The van der Waals surface area contributed by atoms with Crippen molar-refractivity contribution in [3.05, 3.63) is 53.6 Å². The molecule has 0 bridgehead atoms. The Labute approximate surface area is 114 Å². The highest BCUT2D eigenvalue weighted by molar-refractivity contribution is 5.47. The zero-order valence-electron chi connectivity index (χ0n) is 11.5. The third-order valence-electron chi connectivity index (χ3n) is 2.95. The van der Waals surface area contributed by atoms with Gasteiger partial charge in [-0.1, -0.05) is 24.3 Å². The van der Waals surface area contributed by atoms with Gasteiger partial charge in [-0.3, -0.25) is 0 Å². The Balaban J connectivity index is 2.36. The molecule has 0 aliphatic heterocycles. The number of hydrogen-bond acceptors (Lipinski definition) is 3. The van der Waals surface area contributed by atoms with Crippen LogP contribution in [-0.4, -0.2) is 7.11 Å². The monoisotopic (exact) mass is 257 g/mol. The molecule has 0 heterocycles. The molecule has 1 atom stereocenters. The van der Waals surface area contributed by atoms with Crippen LogP contribution in [0.5, 0.6) is 17.2 Å². The second-order valence-electron chi connectivity index (χ2n) is 4.58. The maximum atomic E-state index is 5.95. The molecule has 2 aromatic rings. The SMILES string of the molecule is COc1cc(C)ccc1Oc1ccccc1C(C)N. The summed E-state index contributed by atoms with van der Waals surface area (Å²) >= 11 is 0. The summed E-state index contributed by atoms with van der Waals surface area (Å²) in [6.45, 7) is 3.96. The van der Waals surface area contributed by atoms with E-state index in [2.05, 4.69) is 0 Å². The Kier molecular flexibility index (Phi) is 4.07. The van der Waals surface area contributed by atoms with Crippen molar-refractivity contribution in [3.63, 3.8) is 0 Å². The van der Waals surface area contributed by atoms with Crippen molar-refractivity contribution in [1.82, 2.24) is 0 Å². The first-order valence-electron chi connectivity index (χ1n) is 6.29. The number of nitrogens with two attached hydrogens (primary N) is 1. The van der Waals surface area contributed by atoms with Crippen molar-refractivity contribution in [2.75, 3.05) is 7.11 Å². The second kappa shape index (κ2) is 5.76. The molecule has 0 saturated heterocycles. The number of ether oxygens (including phenoxy) is 2. The van der Waals surface area contributed by atoms with Crippen LogP contribution in [-0.2, 0) is 0 Å². The molecular weight excluding hydrogens is 238 g/mol. The molecule has 0 aliphatic rings. The van der Waals surface area contributed by atoms with E-state index in [9.17, 15) is 0 Å². The summed E-state index contributed by atoms with van der Waals surface area (Å²) in [5.74, 6) is 2.18. The van der Waals surface area contributed by atoms with Crippen LogP contribution in [0.1, 0.15) is 24.1 Å². The molecule has 0 radical (unpaired) electrons. The van der Waals surface area contributed by atoms with Crippen LogP contribution in [0.4, 0.5) is 0 Å². The van der Waals surface area contributed by atoms with Gasteiger partial charge in [-0.15, -0.1) is 0 Å². The van der Waals surface area contributed by atoms with Gasteiger partial charge in [0.15, 0.2) is 11.5 Å². The lowest BCUT2D eigenvalue weighted by Crippen LogP contribution is -2.06. The maximum absolute atomic E-state index is 5.95. The molecule has 0 amide bonds. The van der Waals surface area contributed by atoms with Gasteiger partial charge in [0.25, 0.3) is 0 Å². The highest BCUT2D eigenvalue weighted by Gasteiger charge is 2.11. The molecule has 2 aromatic carbocycles. The molecule has 2 rings (SSSR count). The van der Waals surface area contributed by atoms with Gasteiger partial charge >= 0.3 is 0 Å². The highest BCUT2D eigenvalue weighted by atomic mass is 16.5. The molecule has 3 nitrogen and oxygen atoms in total. The molecule has 0 spiro atoms. The summed E-state index contributed by atoms with van der Waals surface area (Å²) in [6.07, 6.45) is 0. The molecule has 1 unspecified atom stereocenters. The minimum absolute atomic E-state index is 0.0763. The highest BCUT2D eigenvalue weighted by Crippen LogP contribution is 2.34. The van der Waals surface area contributed by atoms with Crippen molar-refractivity contribution in [3.8, 4) is 17.2 Å². The van der Waals surface area contributed by atoms with Crippen LogP contribution in [0.2, 0.25) is 0 Å². The standard InChI is InChI=1S/C16H19NO2/c1-11-8-9-15(16(10-11)18-3)19-14-7-5-4-6-13(14)12(2)17/h4-10,12H,17H2,1-3H3. The van der Waals surface area contributed by atoms with E-state index < -0.39 is 0 Å². The van der Waals surface area contributed by atoms with E-state index in [0.29, 0.717) is 5.75 Å². The van der Waals surface area contributed by atoms with E-state index in [1.165, 1.54) is 0 Å². The minimum atomic E-state index is -0.0763. The fourth-order valence-electron chi connectivity index (χ4n) is 1.93. The van der Waals surface area contributed by atoms with Gasteiger partial charge < -0.3 is 15.2 Å². The van der Waals surface area contributed by atoms with Gasteiger partial charge in [-0.05, 0) is 37.6 Å². The maximum Gasteiger partial charge on any atom is 0.169 e. The molecular formula is C16H19NO2. The quantitative estimate of drug-likeness (QED) is 0.905. The largest absolute Gasteiger partial charge is 0.493 e. The number of hydrogen-bond donors (Lipinski definition) is 1. The minimum Gasteiger partial charge on any atom is -0.493 e. The van der Waals surface area contributed by atoms with Crippen molar-refractivity contribution in [2.24, 2.45) is 5.73 Å². The van der Waals surface area contributed by atoms with Gasteiger partial charge in [0, 0.05) is 11.6 Å². The topological polar surface area (TPSA) is 44.5 Å².